The van der Waals surface area contributed by atoms with Crippen molar-refractivity contribution in [3.05, 3.63) is 22.4 Å². The molecule has 2 aromatic rings. The van der Waals surface area contributed by atoms with E-state index in [0.717, 1.165) is 55.1 Å². The van der Waals surface area contributed by atoms with E-state index in [9.17, 15) is 4.79 Å². The highest BCUT2D eigenvalue weighted by atomic mass is 79.9. The summed E-state index contributed by atoms with van der Waals surface area (Å²) in [5, 5.41) is 5.39. The third kappa shape index (κ3) is 7.78. The molecule has 1 unspecified atom stereocenters. The Balaban J connectivity index is 0.00000204. The standard InChI is InChI=1S/C19H28BrN5O2.C2H6/c1-13(21)10-11-25-17-14(12-23-19(22)16(17)18(20)24-25)8-6-4-3-5-7-9-15(26)27-2;1-2/h6,8,12-13H,3-5,7,9-11,21H2,1-2H3,(H2,22,23);1-2H3/b8-6+;. The number of nitrogen functional groups attached to an aromatic ring is 1. The Hall–Kier alpha value is -1.93. The zero-order valence-electron chi connectivity index (χ0n) is 17.9. The van der Waals surface area contributed by atoms with Gasteiger partial charge in [0, 0.05) is 30.8 Å². The first kappa shape index (κ1) is 25.1. The second-order valence-corrected chi connectivity index (χ2v) is 7.43. The minimum absolute atomic E-state index is 0.103. The fraction of sp³-hybridized carbons (Fsp3) is 0.571. The highest BCUT2D eigenvalue weighted by molar-refractivity contribution is 9.10. The number of unbranched alkanes of at least 4 members (excludes halogenated alkanes) is 3. The van der Waals surface area contributed by atoms with Crippen LogP contribution in [0.15, 0.2) is 16.9 Å². The fourth-order valence-electron chi connectivity index (χ4n) is 2.85. The average Bonchev–Trinajstić information content (AvgIpc) is 3.05. The maximum absolute atomic E-state index is 11.1. The van der Waals surface area contributed by atoms with Crippen molar-refractivity contribution in [1.29, 1.82) is 0 Å². The van der Waals surface area contributed by atoms with Crippen LogP contribution in [-0.4, -0.2) is 33.9 Å². The average molecular weight is 468 g/mol. The lowest BCUT2D eigenvalue weighted by atomic mass is 10.1. The van der Waals surface area contributed by atoms with E-state index in [2.05, 4.69) is 42.9 Å². The van der Waals surface area contributed by atoms with Gasteiger partial charge in [0.1, 0.15) is 10.4 Å². The second kappa shape index (κ2) is 13.3. The summed E-state index contributed by atoms with van der Waals surface area (Å²) in [5.41, 5.74) is 13.9. The Kier molecular flexibility index (Phi) is 11.5. The molecular formula is C21H34BrN5O2. The van der Waals surface area contributed by atoms with E-state index in [4.69, 9.17) is 11.5 Å². The summed E-state index contributed by atoms with van der Waals surface area (Å²) in [6.07, 6.45) is 11.1. The molecule has 162 valence electrons. The summed E-state index contributed by atoms with van der Waals surface area (Å²) < 4.78 is 7.28. The van der Waals surface area contributed by atoms with Gasteiger partial charge < -0.3 is 16.2 Å². The van der Waals surface area contributed by atoms with E-state index < -0.39 is 0 Å². The molecule has 0 aliphatic carbocycles. The molecule has 0 saturated heterocycles. The van der Waals surface area contributed by atoms with Crippen LogP contribution in [-0.2, 0) is 16.1 Å². The van der Waals surface area contributed by atoms with Crippen LogP contribution in [0.25, 0.3) is 17.0 Å². The predicted molar refractivity (Wildman–Crippen MR) is 123 cm³/mol. The van der Waals surface area contributed by atoms with Crippen molar-refractivity contribution < 1.29 is 9.53 Å². The number of rotatable bonds is 10. The largest absolute Gasteiger partial charge is 0.469 e. The number of methoxy groups -OCH3 is 1. The normalized spacial score (nSPS) is 12.1. The zero-order valence-corrected chi connectivity index (χ0v) is 19.5. The molecule has 0 spiro atoms. The first-order valence-electron chi connectivity index (χ1n) is 10.2. The molecule has 0 radical (unpaired) electrons. The topological polar surface area (TPSA) is 109 Å². The maximum Gasteiger partial charge on any atom is 0.305 e. The van der Waals surface area contributed by atoms with E-state index in [1.807, 2.05) is 25.5 Å². The molecule has 0 aliphatic heterocycles. The fourth-order valence-corrected chi connectivity index (χ4v) is 3.43. The molecule has 2 heterocycles. The summed E-state index contributed by atoms with van der Waals surface area (Å²) in [5.74, 6) is 0.315. The number of fused-ring (bicyclic) bond motifs is 1. The lowest BCUT2D eigenvalue weighted by Gasteiger charge is -2.08. The van der Waals surface area contributed by atoms with Crippen molar-refractivity contribution in [2.75, 3.05) is 12.8 Å². The summed E-state index contributed by atoms with van der Waals surface area (Å²) in [4.78, 5) is 15.4. The summed E-state index contributed by atoms with van der Waals surface area (Å²) in [7, 11) is 1.42. The number of nitrogens with zero attached hydrogens (tertiary/aromatic N) is 3. The molecule has 7 nitrogen and oxygen atoms in total. The highest BCUT2D eigenvalue weighted by Gasteiger charge is 2.15. The van der Waals surface area contributed by atoms with Gasteiger partial charge in [-0.2, -0.15) is 5.10 Å². The number of allylic oxidation sites excluding steroid dienone is 1. The zero-order chi connectivity index (χ0) is 21.8. The Morgan fingerprint density at radius 3 is 2.72 bits per heavy atom. The number of nitrogens with two attached hydrogens (primary N) is 2. The third-order valence-electron chi connectivity index (χ3n) is 4.36. The monoisotopic (exact) mass is 467 g/mol. The van der Waals surface area contributed by atoms with Gasteiger partial charge in [-0.3, -0.25) is 9.48 Å². The molecule has 0 amide bonds. The molecule has 2 aromatic heterocycles. The number of hydrogen-bond donors (Lipinski definition) is 2. The van der Waals surface area contributed by atoms with Crippen molar-refractivity contribution in [2.45, 2.75) is 71.9 Å². The number of carbonyl (C=O) groups is 1. The van der Waals surface area contributed by atoms with Gasteiger partial charge >= 0.3 is 5.97 Å². The van der Waals surface area contributed by atoms with Gasteiger partial charge in [0.15, 0.2) is 0 Å². The second-order valence-electron chi connectivity index (χ2n) is 6.68. The van der Waals surface area contributed by atoms with Crippen molar-refractivity contribution in [1.82, 2.24) is 14.8 Å². The van der Waals surface area contributed by atoms with Crippen LogP contribution in [0, 0.1) is 0 Å². The number of hydrogen-bond acceptors (Lipinski definition) is 6. The molecule has 1 atom stereocenters. The lowest BCUT2D eigenvalue weighted by molar-refractivity contribution is -0.140. The van der Waals surface area contributed by atoms with Gasteiger partial charge in [-0.1, -0.05) is 32.4 Å². The number of aryl methyl sites for hydroxylation is 1. The Morgan fingerprint density at radius 1 is 1.34 bits per heavy atom. The smallest absolute Gasteiger partial charge is 0.305 e. The van der Waals surface area contributed by atoms with Gasteiger partial charge in [0.05, 0.1) is 18.0 Å². The molecule has 0 saturated carbocycles. The van der Waals surface area contributed by atoms with E-state index in [-0.39, 0.29) is 12.0 Å². The number of halogens is 1. The van der Waals surface area contributed by atoms with E-state index in [0.29, 0.717) is 16.8 Å². The van der Waals surface area contributed by atoms with Crippen molar-refractivity contribution in [3.63, 3.8) is 0 Å². The Morgan fingerprint density at radius 2 is 2.07 bits per heavy atom. The molecule has 4 N–H and O–H groups in total. The quantitative estimate of drug-likeness (QED) is 0.387. The molecule has 8 heteroatoms. The van der Waals surface area contributed by atoms with Crippen LogP contribution in [0.3, 0.4) is 0 Å². The van der Waals surface area contributed by atoms with Gasteiger partial charge in [-0.05, 0) is 48.5 Å². The van der Waals surface area contributed by atoms with Crippen molar-refractivity contribution in [2.24, 2.45) is 5.73 Å². The summed E-state index contributed by atoms with van der Waals surface area (Å²) in [6.45, 7) is 6.70. The minimum atomic E-state index is -0.147. The first-order valence-corrected chi connectivity index (χ1v) is 11.0. The van der Waals surface area contributed by atoms with E-state index in [1.54, 1.807) is 6.20 Å². The highest BCUT2D eigenvalue weighted by Crippen LogP contribution is 2.30. The van der Waals surface area contributed by atoms with Crippen LogP contribution >= 0.6 is 15.9 Å². The van der Waals surface area contributed by atoms with E-state index in [1.165, 1.54) is 7.11 Å². The van der Waals surface area contributed by atoms with Gasteiger partial charge in [-0.25, -0.2) is 4.98 Å². The lowest BCUT2D eigenvalue weighted by Crippen LogP contribution is -2.18. The first-order chi connectivity index (χ1) is 13.9. The number of carbonyl (C=O) groups excluding carboxylic acids is 1. The van der Waals surface area contributed by atoms with Gasteiger partial charge in [0.25, 0.3) is 0 Å². The molecular weight excluding hydrogens is 434 g/mol. The van der Waals surface area contributed by atoms with E-state index >= 15 is 0 Å². The molecule has 0 fully saturated rings. The summed E-state index contributed by atoms with van der Waals surface area (Å²) >= 11 is 3.49. The number of anilines is 1. The van der Waals surface area contributed by atoms with Crippen LogP contribution in [0.1, 0.15) is 64.9 Å². The van der Waals surface area contributed by atoms with Crippen LogP contribution < -0.4 is 11.5 Å². The van der Waals surface area contributed by atoms with Crippen LogP contribution in [0.4, 0.5) is 5.82 Å². The number of aromatic nitrogens is 3. The minimum Gasteiger partial charge on any atom is -0.469 e. The van der Waals surface area contributed by atoms with Crippen molar-refractivity contribution in [3.8, 4) is 0 Å². The van der Waals surface area contributed by atoms with Gasteiger partial charge in [-0.15, -0.1) is 0 Å². The molecule has 29 heavy (non-hydrogen) atoms. The van der Waals surface area contributed by atoms with Crippen molar-refractivity contribution >= 4 is 44.7 Å². The van der Waals surface area contributed by atoms with Crippen LogP contribution in [0.5, 0.6) is 0 Å². The maximum atomic E-state index is 11.1. The molecule has 0 aromatic carbocycles. The molecule has 0 bridgehead atoms. The Labute approximate surface area is 182 Å². The predicted octanol–water partition coefficient (Wildman–Crippen LogP) is 4.68. The molecule has 2 rings (SSSR count). The van der Waals surface area contributed by atoms with Crippen LogP contribution in [0.2, 0.25) is 0 Å². The van der Waals surface area contributed by atoms with Gasteiger partial charge in [0.2, 0.25) is 0 Å². The molecule has 0 aliphatic rings. The number of pyridine rings is 1. The number of esters is 1. The third-order valence-corrected chi connectivity index (χ3v) is 4.91. The number of ether oxygens (including phenoxy) is 1. The summed E-state index contributed by atoms with van der Waals surface area (Å²) in [6, 6.07) is 0.103. The SMILES string of the molecule is CC.COC(=O)CCCCC/C=C/c1cnc(N)c2c(Br)nn(CCC(C)N)c12. The Bertz CT molecular complexity index is 802.